The van der Waals surface area contributed by atoms with Crippen molar-refractivity contribution in [1.29, 1.82) is 5.26 Å². The summed E-state index contributed by atoms with van der Waals surface area (Å²) in [5.41, 5.74) is 2.35. The number of ketones is 1. The standard InChI is InChI=1S/C17H14FNO/c1-11-5-3-4-6-14(11)15(10-19)17(20)13-7-8-16(18)12(2)9-13/h3-9,15H,1-2H3. The van der Waals surface area contributed by atoms with E-state index in [-0.39, 0.29) is 11.6 Å². The second kappa shape index (κ2) is 5.66. The highest BCUT2D eigenvalue weighted by atomic mass is 19.1. The van der Waals surface area contributed by atoms with Gasteiger partial charge in [-0.05, 0) is 48.7 Å². The number of halogens is 1. The normalized spacial score (nSPS) is 11.7. The lowest BCUT2D eigenvalue weighted by Crippen LogP contribution is -2.12. The Morgan fingerprint density at radius 3 is 2.45 bits per heavy atom. The van der Waals surface area contributed by atoms with Gasteiger partial charge in [0.25, 0.3) is 0 Å². The molecule has 0 amide bonds. The van der Waals surface area contributed by atoms with Crippen LogP contribution in [0.2, 0.25) is 0 Å². The first kappa shape index (κ1) is 14.0. The molecule has 0 aliphatic carbocycles. The van der Waals surface area contributed by atoms with Gasteiger partial charge in [0.15, 0.2) is 5.78 Å². The van der Waals surface area contributed by atoms with Crippen molar-refractivity contribution in [1.82, 2.24) is 0 Å². The molecule has 0 saturated heterocycles. The van der Waals surface area contributed by atoms with Crippen molar-refractivity contribution >= 4 is 5.78 Å². The molecule has 2 nitrogen and oxygen atoms in total. The summed E-state index contributed by atoms with van der Waals surface area (Å²) in [7, 11) is 0. The summed E-state index contributed by atoms with van der Waals surface area (Å²) in [6, 6.07) is 13.5. The molecule has 0 heterocycles. The van der Waals surface area contributed by atoms with Gasteiger partial charge in [-0.15, -0.1) is 0 Å². The van der Waals surface area contributed by atoms with Crippen LogP contribution in [0.3, 0.4) is 0 Å². The van der Waals surface area contributed by atoms with E-state index in [2.05, 4.69) is 0 Å². The van der Waals surface area contributed by atoms with Gasteiger partial charge in [-0.3, -0.25) is 4.79 Å². The molecular weight excluding hydrogens is 253 g/mol. The van der Waals surface area contributed by atoms with Crippen LogP contribution in [0.15, 0.2) is 42.5 Å². The monoisotopic (exact) mass is 267 g/mol. The van der Waals surface area contributed by atoms with Crippen LogP contribution in [-0.4, -0.2) is 5.78 Å². The minimum absolute atomic E-state index is 0.301. The molecule has 2 rings (SSSR count). The average Bonchev–Trinajstić information content (AvgIpc) is 2.44. The molecule has 0 aliphatic heterocycles. The van der Waals surface area contributed by atoms with Crippen LogP contribution < -0.4 is 0 Å². The Balaban J connectivity index is 2.42. The molecular formula is C17H14FNO. The summed E-state index contributed by atoms with van der Waals surface area (Å²) in [5, 5.41) is 9.31. The van der Waals surface area contributed by atoms with Crippen molar-refractivity contribution in [2.24, 2.45) is 0 Å². The number of carbonyl (C=O) groups excluding carboxylic acids is 1. The fourth-order valence-corrected chi connectivity index (χ4v) is 2.14. The Morgan fingerprint density at radius 1 is 1.15 bits per heavy atom. The smallest absolute Gasteiger partial charge is 0.184 e. The number of aryl methyl sites for hydroxylation is 2. The number of hydrogen-bond acceptors (Lipinski definition) is 2. The van der Waals surface area contributed by atoms with Crippen molar-refractivity contribution in [2.45, 2.75) is 19.8 Å². The van der Waals surface area contributed by atoms with E-state index < -0.39 is 5.92 Å². The first-order valence-corrected chi connectivity index (χ1v) is 6.30. The third-order valence-electron chi connectivity index (χ3n) is 3.33. The Kier molecular flexibility index (Phi) is 3.95. The predicted molar refractivity (Wildman–Crippen MR) is 75.0 cm³/mol. The topological polar surface area (TPSA) is 40.9 Å². The lowest BCUT2D eigenvalue weighted by molar-refractivity contribution is 0.0978. The predicted octanol–water partition coefficient (Wildman–Crippen LogP) is 3.93. The molecule has 0 saturated carbocycles. The van der Waals surface area contributed by atoms with Crippen molar-refractivity contribution in [3.63, 3.8) is 0 Å². The van der Waals surface area contributed by atoms with Crippen molar-refractivity contribution < 1.29 is 9.18 Å². The minimum Gasteiger partial charge on any atom is -0.292 e. The summed E-state index contributed by atoms with van der Waals surface area (Å²) >= 11 is 0. The first-order valence-electron chi connectivity index (χ1n) is 6.30. The van der Waals surface area contributed by atoms with E-state index >= 15 is 0 Å². The molecule has 2 aromatic rings. The summed E-state index contributed by atoms with van der Waals surface area (Å²) in [4.78, 5) is 12.4. The Bertz CT molecular complexity index is 700. The van der Waals surface area contributed by atoms with Crippen LogP contribution in [0, 0.1) is 31.0 Å². The zero-order valence-corrected chi connectivity index (χ0v) is 11.4. The van der Waals surface area contributed by atoms with Crippen LogP contribution in [-0.2, 0) is 0 Å². The van der Waals surface area contributed by atoms with Gasteiger partial charge in [0.1, 0.15) is 11.7 Å². The maximum atomic E-state index is 13.3. The van der Waals surface area contributed by atoms with Crippen molar-refractivity contribution in [2.75, 3.05) is 0 Å². The van der Waals surface area contributed by atoms with E-state index in [1.54, 1.807) is 19.1 Å². The number of benzene rings is 2. The fraction of sp³-hybridized carbons (Fsp3) is 0.176. The van der Waals surface area contributed by atoms with E-state index in [4.69, 9.17) is 0 Å². The molecule has 0 aliphatic rings. The second-order valence-electron chi connectivity index (χ2n) is 4.75. The molecule has 3 heteroatoms. The number of nitriles is 1. The van der Waals surface area contributed by atoms with Crippen LogP contribution >= 0.6 is 0 Å². The van der Waals surface area contributed by atoms with Gasteiger partial charge in [0.05, 0.1) is 6.07 Å². The van der Waals surface area contributed by atoms with Gasteiger partial charge < -0.3 is 0 Å². The number of rotatable bonds is 3. The van der Waals surface area contributed by atoms with Crippen molar-refractivity contribution in [3.8, 4) is 6.07 Å². The van der Waals surface area contributed by atoms with Crippen molar-refractivity contribution in [3.05, 3.63) is 70.5 Å². The molecule has 2 aromatic carbocycles. The number of nitrogens with zero attached hydrogens (tertiary/aromatic N) is 1. The SMILES string of the molecule is Cc1cc(C(=O)C(C#N)c2ccccc2C)ccc1F. The van der Waals surface area contributed by atoms with Crippen LogP contribution in [0.25, 0.3) is 0 Å². The van der Waals surface area contributed by atoms with E-state index in [0.717, 1.165) is 5.56 Å². The highest BCUT2D eigenvalue weighted by Crippen LogP contribution is 2.24. The lowest BCUT2D eigenvalue weighted by Gasteiger charge is -2.12. The second-order valence-corrected chi connectivity index (χ2v) is 4.75. The van der Waals surface area contributed by atoms with Crippen LogP contribution in [0.1, 0.15) is 33.0 Å². The van der Waals surface area contributed by atoms with Gasteiger partial charge in [-0.2, -0.15) is 5.26 Å². The largest absolute Gasteiger partial charge is 0.292 e. The summed E-state index contributed by atoms with van der Waals surface area (Å²) < 4.78 is 13.3. The summed E-state index contributed by atoms with van der Waals surface area (Å²) in [5.74, 6) is -1.52. The lowest BCUT2D eigenvalue weighted by atomic mass is 9.89. The summed E-state index contributed by atoms with van der Waals surface area (Å²) in [6.45, 7) is 3.46. The molecule has 20 heavy (non-hydrogen) atoms. The van der Waals surface area contributed by atoms with Crippen LogP contribution in [0.5, 0.6) is 0 Å². The summed E-state index contributed by atoms with van der Waals surface area (Å²) in [6.07, 6.45) is 0. The minimum atomic E-state index is -0.860. The molecule has 0 bridgehead atoms. The quantitative estimate of drug-likeness (QED) is 0.790. The average molecular weight is 267 g/mol. The molecule has 1 unspecified atom stereocenters. The van der Waals surface area contributed by atoms with Gasteiger partial charge in [0.2, 0.25) is 0 Å². The Labute approximate surface area is 117 Å². The molecule has 1 atom stereocenters. The zero-order chi connectivity index (χ0) is 14.7. The van der Waals surface area contributed by atoms with E-state index in [0.29, 0.717) is 16.7 Å². The van der Waals surface area contributed by atoms with Gasteiger partial charge in [0, 0.05) is 5.56 Å². The molecule has 0 aromatic heterocycles. The molecule has 0 radical (unpaired) electrons. The fourth-order valence-electron chi connectivity index (χ4n) is 2.14. The van der Waals surface area contributed by atoms with Crippen LogP contribution in [0.4, 0.5) is 4.39 Å². The highest BCUT2D eigenvalue weighted by Gasteiger charge is 2.23. The van der Waals surface area contributed by atoms with Gasteiger partial charge in [-0.1, -0.05) is 24.3 Å². The molecule has 0 spiro atoms. The third kappa shape index (κ3) is 2.60. The van der Waals surface area contributed by atoms with Gasteiger partial charge in [-0.25, -0.2) is 4.39 Å². The number of hydrogen-bond donors (Lipinski definition) is 0. The van der Waals surface area contributed by atoms with E-state index in [1.807, 2.05) is 25.1 Å². The third-order valence-corrected chi connectivity index (χ3v) is 3.33. The van der Waals surface area contributed by atoms with Gasteiger partial charge >= 0.3 is 0 Å². The van der Waals surface area contributed by atoms with E-state index in [1.165, 1.54) is 18.2 Å². The zero-order valence-electron chi connectivity index (χ0n) is 11.4. The molecule has 100 valence electrons. The molecule has 0 fully saturated rings. The maximum Gasteiger partial charge on any atom is 0.184 e. The first-order chi connectivity index (χ1) is 9.54. The Morgan fingerprint density at radius 2 is 1.85 bits per heavy atom. The maximum absolute atomic E-state index is 13.3. The number of Topliss-reactive ketones (excluding diaryl/α,β-unsaturated/α-hetero) is 1. The van der Waals surface area contributed by atoms with E-state index in [9.17, 15) is 14.4 Å². The molecule has 0 N–H and O–H groups in total. The Hall–Kier alpha value is -2.47. The highest BCUT2D eigenvalue weighted by molar-refractivity contribution is 6.03. The number of carbonyl (C=O) groups is 1.